The zero-order chi connectivity index (χ0) is 18.4. The van der Waals surface area contributed by atoms with Gasteiger partial charge in [-0.25, -0.2) is 0 Å². The highest BCUT2D eigenvalue weighted by molar-refractivity contribution is 5.99. The fourth-order valence-corrected chi connectivity index (χ4v) is 3.44. The molecular weight excluding hydrogens is 316 g/mol. The molecule has 25 heavy (non-hydrogen) atoms. The van der Waals surface area contributed by atoms with Crippen LogP contribution in [0.5, 0.6) is 5.75 Å². The number of amides is 2. The summed E-state index contributed by atoms with van der Waals surface area (Å²) in [5.74, 6) is 0.754. The van der Waals surface area contributed by atoms with E-state index >= 15 is 0 Å². The Morgan fingerprint density at radius 1 is 1.20 bits per heavy atom. The topological polar surface area (TPSA) is 67.4 Å². The largest absolute Gasteiger partial charge is 0.496 e. The van der Waals surface area contributed by atoms with E-state index in [1.54, 1.807) is 18.2 Å². The van der Waals surface area contributed by atoms with Crippen LogP contribution in [0.3, 0.4) is 0 Å². The van der Waals surface area contributed by atoms with Crippen molar-refractivity contribution < 1.29 is 14.3 Å². The minimum absolute atomic E-state index is 0.000304. The molecule has 5 nitrogen and oxygen atoms in total. The molecule has 3 atom stereocenters. The molecule has 0 saturated heterocycles. The molecule has 1 aromatic rings. The van der Waals surface area contributed by atoms with Gasteiger partial charge in [0, 0.05) is 6.04 Å². The van der Waals surface area contributed by atoms with Gasteiger partial charge in [-0.2, -0.15) is 0 Å². The van der Waals surface area contributed by atoms with Gasteiger partial charge in [0.25, 0.3) is 5.91 Å². The van der Waals surface area contributed by atoms with Crippen LogP contribution in [0.25, 0.3) is 0 Å². The lowest BCUT2D eigenvalue weighted by Crippen LogP contribution is -2.52. The van der Waals surface area contributed by atoms with Crippen molar-refractivity contribution in [2.24, 2.45) is 11.8 Å². The molecule has 3 unspecified atom stereocenters. The Morgan fingerprint density at radius 2 is 1.92 bits per heavy atom. The number of methoxy groups -OCH3 is 1. The van der Waals surface area contributed by atoms with E-state index in [4.69, 9.17) is 4.74 Å². The fraction of sp³-hybridized carbons (Fsp3) is 0.600. The van der Waals surface area contributed by atoms with Gasteiger partial charge < -0.3 is 15.4 Å². The average molecular weight is 346 g/mol. The van der Waals surface area contributed by atoms with Gasteiger partial charge in [0.15, 0.2) is 0 Å². The summed E-state index contributed by atoms with van der Waals surface area (Å²) in [6.45, 7) is 6.11. The number of rotatable bonds is 6. The number of benzene rings is 1. The SMILES string of the molecule is COc1ccccc1C(=O)NC(C(=O)NC1CCCC(C)C1)C(C)C. The highest BCUT2D eigenvalue weighted by atomic mass is 16.5. The first-order chi connectivity index (χ1) is 11.9. The summed E-state index contributed by atoms with van der Waals surface area (Å²) in [5.41, 5.74) is 0.440. The summed E-state index contributed by atoms with van der Waals surface area (Å²) in [7, 11) is 1.53. The van der Waals surface area contributed by atoms with Gasteiger partial charge in [-0.3, -0.25) is 9.59 Å². The molecule has 0 heterocycles. The number of para-hydroxylation sites is 1. The molecule has 1 fully saturated rings. The lowest BCUT2D eigenvalue weighted by molar-refractivity contribution is -0.125. The second kappa shape index (κ2) is 8.88. The maximum atomic E-state index is 12.7. The number of carbonyl (C=O) groups excluding carboxylic acids is 2. The summed E-state index contributed by atoms with van der Waals surface area (Å²) in [6, 6.07) is 6.68. The molecule has 2 amide bonds. The Bertz CT molecular complexity index is 600. The smallest absolute Gasteiger partial charge is 0.255 e. The number of nitrogens with one attached hydrogen (secondary N) is 2. The van der Waals surface area contributed by atoms with E-state index in [9.17, 15) is 9.59 Å². The standard InChI is InChI=1S/C20H30N2O3/c1-13(2)18(20(24)21-15-9-7-8-14(3)12-15)22-19(23)16-10-5-6-11-17(16)25-4/h5-6,10-11,13-15,18H,7-9,12H2,1-4H3,(H,21,24)(H,22,23). The average Bonchev–Trinajstić information content (AvgIpc) is 2.59. The maximum Gasteiger partial charge on any atom is 0.255 e. The quantitative estimate of drug-likeness (QED) is 0.831. The van der Waals surface area contributed by atoms with Gasteiger partial charge in [0.2, 0.25) is 5.91 Å². The molecule has 2 rings (SSSR count). The molecule has 0 bridgehead atoms. The van der Waals surface area contributed by atoms with E-state index in [0.717, 1.165) is 19.3 Å². The Morgan fingerprint density at radius 3 is 2.56 bits per heavy atom. The first-order valence-electron chi connectivity index (χ1n) is 9.16. The Labute approximate surface area is 150 Å². The predicted molar refractivity (Wildman–Crippen MR) is 98.6 cm³/mol. The van der Waals surface area contributed by atoms with Crippen molar-refractivity contribution in [1.82, 2.24) is 10.6 Å². The van der Waals surface area contributed by atoms with Gasteiger partial charge in [-0.05, 0) is 36.8 Å². The van der Waals surface area contributed by atoms with Crippen LogP contribution in [0.4, 0.5) is 0 Å². The lowest BCUT2D eigenvalue weighted by Gasteiger charge is -2.30. The Kier molecular flexibility index (Phi) is 6.85. The molecule has 5 heteroatoms. The molecule has 1 aliphatic rings. The third-order valence-corrected chi connectivity index (χ3v) is 4.87. The minimum Gasteiger partial charge on any atom is -0.496 e. The van der Waals surface area contributed by atoms with Crippen LogP contribution < -0.4 is 15.4 Å². The van der Waals surface area contributed by atoms with Crippen molar-refractivity contribution in [3.8, 4) is 5.75 Å². The van der Waals surface area contributed by atoms with Crippen molar-refractivity contribution in [3.63, 3.8) is 0 Å². The van der Waals surface area contributed by atoms with E-state index in [1.807, 2.05) is 19.9 Å². The number of carbonyl (C=O) groups is 2. The summed E-state index contributed by atoms with van der Waals surface area (Å²) in [6.07, 6.45) is 4.40. The molecule has 0 aliphatic heterocycles. The van der Waals surface area contributed by atoms with E-state index in [1.165, 1.54) is 13.5 Å². The molecule has 1 aliphatic carbocycles. The van der Waals surface area contributed by atoms with Gasteiger partial charge in [0.05, 0.1) is 12.7 Å². The first kappa shape index (κ1) is 19.3. The van der Waals surface area contributed by atoms with Gasteiger partial charge >= 0.3 is 0 Å². The van der Waals surface area contributed by atoms with Crippen LogP contribution in [0.15, 0.2) is 24.3 Å². The second-order valence-electron chi connectivity index (χ2n) is 7.37. The van der Waals surface area contributed by atoms with Gasteiger partial charge in [0.1, 0.15) is 11.8 Å². The van der Waals surface area contributed by atoms with Crippen molar-refractivity contribution >= 4 is 11.8 Å². The van der Waals surface area contributed by atoms with Crippen LogP contribution in [0, 0.1) is 11.8 Å². The molecule has 1 aromatic carbocycles. The number of hydrogen-bond donors (Lipinski definition) is 2. The van der Waals surface area contributed by atoms with Crippen molar-refractivity contribution in [1.29, 1.82) is 0 Å². The lowest BCUT2D eigenvalue weighted by atomic mass is 9.87. The monoisotopic (exact) mass is 346 g/mol. The highest BCUT2D eigenvalue weighted by Gasteiger charge is 2.28. The van der Waals surface area contributed by atoms with Gasteiger partial charge in [-0.1, -0.05) is 45.7 Å². The summed E-state index contributed by atoms with van der Waals surface area (Å²) >= 11 is 0. The Balaban J connectivity index is 2.04. The highest BCUT2D eigenvalue weighted by Crippen LogP contribution is 2.24. The minimum atomic E-state index is -0.561. The van der Waals surface area contributed by atoms with Crippen LogP contribution in [-0.2, 0) is 4.79 Å². The molecule has 0 spiro atoms. The van der Waals surface area contributed by atoms with Crippen LogP contribution in [0.2, 0.25) is 0 Å². The maximum absolute atomic E-state index is 12.7. The normalized spacial score (nSPS) is 21.5. The van der Waals surface area contributed by atoms with E-state index in [0.29, 0.717) is 17.2 Å². The predicted octanol–water partition coefficient (Wildman–Crippen LogP) is 3.14. The third kappa shape index (κ3) is 5.21. The molecule has 0 aromatic heterocycles. The van der Waals surface area contributed by atoms with Crippen LogP contribution in [0.1, 0.15) is 56.8 Å². The van der Waals surface area contributed by atoms with E-state index in [-0.39, 0.29) is 23.8 Å². The first-order valence-corrected chi connectivity index (χ1v) is 9.16. The van der Waals surface area contributed by atoms with Crippen LogP contribution >= 0.6 is 0 Å². The molecular formula is C20H30N2O3. The van der Waals surface area contributed by atoms with E-state index < -0.39 is 6.04 Å². The van der Waals surface area contributed by atoms with E-state index in [2.05, 4.69) is 17.6 Å². The molecule has 2 N–H and O–H groups in total. The zero-order valence-electron chi connectivity index (χ0n) is 15.7. The number of ether oxygens (including phenoxy) is 1. The van der Waals surface area contributed by atoms with Crippen molar-refractivity contribution in [2.45, 2.75) is 58.5 Å². The van der Waals surface area contributed by atoms with Gasteiger partial charge in [-0.15, -0.1) is 0 Å². The molecule has 1 saturated carbocycles. The fourth-order valence-electron chi connectivity index (χ4n) is 3.44. The van der Waals surface area contributed by atoms with Crippen molar-refractivity contribution in [3.05, 3.63) is 29.8 Å². The zero-order valence-corrected chi connectivity index (χ0v) is 15.7. The summed E-state index contributed by atoms with van der Waals surface area (Å²) < 4.78 is 5.24. The molecule has 0 radical (unpaired) electrons. The third-order valence-electron chi connectivity index (χ3n) is 4.87. The Hall–Kier alpha value is -2.04. The molecule has 138 valence electrons. The summed E-state index contributed by atoms with van der Waals surface area (Å²) in [4.78, 5) is 25.3. The van der Waals surface area contributed by atoms with Crippen molar-refractivity contribution in [2.75, 3.05) is 7.11 Å². The summed E-state index contributed by atoms with van der Waals surface area (Å²) in [5, 5.41) is 6.01. The second-order valence-corrected chi connectivity index (χ2v) is 7.37. The van der Waals surface area contributed by atoms with Crippen LogP contribution in [-0.4, -0.2) is 31.0 Å². The number of hydrogen-bond acceptors (Lipinski definition) is 3.